The van der Waals surface area contributed by atoms with E-state index in [9.17, 15) is 4.79 Å². The van der Waals surface area contributed by atoms with Crippen LogP contribution in [0.15, 0.2) is 34.9 Å². The summed E-state index contributed by atoms with van der Waals surface area (Å²) >= 11 is 0. The summed E-state index contributed by atoms with van der Waals surface area (Å²) in [5, 5.41) is 6.61. The van der Waals surface area contributed by atoms with Crippen molar-refractivity contribution in [3.8, 4) is 0 Å². The Bertz CT molecular complexity index is 687. The number of aromatic nitrogens is 1. The summed E-state index contributed by atoms with van der Waals surface area (Å²) in [6.07, 6.45) is 2.33. The van der Waals surface area contributed by atoms with E-state index in [0.717, 1.165) is 6.54 Å². The topological polar surface area (TPSA) is 58.4 Å². The molecule has 5 nitrogen and oxygen atoms in total. The molecule has 1 aromatic heterocycles. The molecule has 24 heavy (non-hydrogen) atoms. The van der Waals surface area contributed by atoms with Gasteiger partial charge in [-0.05, 0) is 36.8 Å². The molecule has 1 aliphatic rings. The first-order valence-corrected chi connectivity index (χ1v) is 8.57. The van der Waals surface area contributed by atoms with Crippen LogP contribution in [0.25, 0.3) is 0 Å². The Kier molecular flexibility index (Phi) is 5.00. The summed E-state index contributed by atoms with van der Waals surface area (Å²) in [5.41, 5.74) is 2.59. The maximum atomic E-state index is 12.3. The van der Waals surface area contributed by atoms with E-state index in [4.69, 9.17) is 4.52 Å². The Morgan fingerprint density at radius 3 is 2.58 bits per heavy atom. The van der Waals surface area contributed by atoms with E-state index in [1.807, 2.05) is 0 Å². The minimum atomic E-state index is -0.0472. The Morgan fingerprint density at radius 1 is 1.33 bits per heavy atom. The van der Waals surface area contributed by atoms with Crippen molar-refractivity contribution in [2.75, 3.05) is 11.9 Å². The van der Waals surface area contributed by atoms with E-state index in [1.165, 1.54) is 24.0 Å². The van der Waals surface area contributed by atoms with Crippen molar-refractivity contribution in [3.05, 3.63) is 47.2 Å². The fraction of sp³-hybridized carbons (Fsp3) is 0.474. The minimum absolute atomic E-state index is 0.0472. The highest BCUT2D eigenvalue weighted by Crippen LogP contribution is 2.28. The molecule has 0 bridgehead atoms. The molecule has 0 unspecified atom stereocenters. The van der Waals surface area contributed by atoms with Gasteiger partial charge in [0.15, 0.2) is 5.82 Å². The lowest BCUT2D eigenvalue weighted by molar-refractivity contribution is -0.117. The summed E-state index contributed by atoms with van der Waals surface area (Å²) in [6.45, 7) is 7.37. The van der Waals surface area contributed by atoms with Gasteiger partial charge in [0.2, 0.25) is 5.91 Å². The maximum Gasteiger partial charge on any atom is 0.239 e. The van der Waals surface area contributed by atoms with Gasteiger partial charge in [0, 0.05) is 18.7 Å². The molecule has 0 aliphatic heterocycles. The molecule has 0 radical (unpaired) electrons. The molecular weight excluding hydrogens is 302 g/mol. The normalized spacial score (nSPS) is 14.4. The standard InChI is InChI=1S/C19H25N3O2/c1-13(2)16-6-4-15(5-7-16)11-22(17-8-9-17)12-19(23)20-18-10-14(3)24-21-18/h4-7,10,13,17H,8-9,11-12H2,1-3H3,(H,20,21,23). The number of amides is 1. The second kappa shape index (κ2) is 7.18. The lowest BCUT2D eigenvalue weighted by Crippen LogP contribution is -2.34. The van der Waals surface area contributed by atoms with E-state index in [1.54, 1.807) is 13.0 Å². The van der Waals surface area contributed by atoms with Gasteiger partial charge in [-0.1, -0.05) is 43.3 Å². The number of benzene rings is 1. The molecule has 0 spiro atoms. The van der Waals surface area contributed by atoms with Crippen LogP contribution in [0.4, 0.5) is 5.82 Å². The van der Waals surface area contributed by atoms with E-state index in [0.29, 0.717) is 30.1 Å². The molecular formula is C19H25N3O2. The number of nitrogens with zero attached hydrogens (tertiary/aromatic N) is 2. The number of anilines is 1. The number of hydrogen-bond acceptors (Lipinski definition) is 4. The van der Waals surface area contributed by atoms with Crippen molar-refractivity contribution in [1.29, 1.82) is 0 Å². The van der Waals surface area contributed by atoms with Crippen LogP contribution in [0.3, 0.4) is 0 Å². The minimum Gasteiger partial charge on any atom is -0.360 e. The predicted molar refractivity (Wildman–Crippen MR) is 93.8 cm³/mol. The summed E-state index contributed by atoms with van der Waals surface area (Å²) in [7, 11) is 0. The summed E-state index contributed by atoms with van der Waals surface area (Å²) in [4.78, 5) is 14.5. The Morgan fingerprint density at radius 2 is 2.04 bits per heavy atom. The van der Waals surface area contributed by atoms with Gasteiger partial charge in [-0.3, -0.25) is 9.69 Å². The first-order chi connectivity index (χ1) is 11.5. The van der Waals surface area contributed by atoms with Crippen LogP contribution < -0.4 is 5.32 Å². The lowest BCUT2D eigenvalue weighted by atomic mass is 10.0. The molecule has 0 saturated heterocycles. The molecule has 0 atom stereocenters. The van der Waals surface area contributed by atoms with Crippen molar-refractivity contribution >= 4 is 11.7 Å². The van der Waals surface area contributed by atoms with Crippen molar-refractivity contribution in [2.45, 2.75) is 52.1 Å². The molecule has 1 fully saturated rings. The molecule has 1 aliphatic carbocycles. The van der Waals surface area contributed by atoms with Crippen LogP contribution in [0.2, 0.25) is 0 Å². The van der Waals surface area contributed by atoms with Gasteiger partial charge in [-0.15, -0.1) is 0 Å². The third kappa shape index (κ3) is 4.45. The Balaban J connectivity index is 1.59. The molecule has 1 saturated carbocycles. The molecule has 128 valence electrons. The van der Waals surface area contributed by atoms with E-state index in [2.05, 4.69) is 53.5 Å². The number of aryl methyl sites for hydroxylation is 1. The quantitative estimate of drug-likeness (QED) is 0.842. The second-order valence-corrected chi connectivity index (χ2v) is 6.90. The number of rotatable bonds is 7. The van der Waals surface area contributed by atoms with Crippen molar-refractivity contribution < 1.29 is 9.32 Å². The zero-order valence-electron chi connectivity index (χ0n) is 14.6. The molecule has 2 aromatic rings. The molecule has 1 heterocycles. The third-order valence-corrected chi connectivity index (χ3v) is 4.34. The average Bonchev–Trinajstić information content (AvgIpc) is 3.31. The van der Waals surface area contributed by atoms with E-state index >= 15 is 0 Å². The number of nitrogens with one attached hydrogen (secondary N) is 1. The fourth-order valence-corrected chi connectivity index (χ4v) is 2.79. The van der Waals surface area contributed by atoms with Crippen LogP contribution in [0.5, 0.6) is 0 Å². The van der Waals surface area contributed by atoms with Gasteiger partial charge in [-0.2, -0.15) is 0 Å². The van der Waals surface area contributed by atoms with Gasteiger partial charge in [0.1, 0.15) is 5.76 Å². The summed E-state index contributed by atoms with van der Waals surface area (Å²) < 4.78 is 4.98. The zero-order chi connectivity index (χ0) is 17.1. The molecule has 5 heteroatoms. The highest BCUT2D eigenvalue weighted by molar-refractivity contribution is 5.91. The first kappa shape index (κ1) is 16.7. The van der Waals surface area contributed by atoms with Crippen LogP contribution >= 0.6 is 0 Å². The first-order valence-electron chi connectivity index (χ1n) is 8.57. The Labute approximate surface area is 143 Å². The van der Waals surface area contributed by atoms with Gasteiger partial charge < -0.3 is 9.84 Å². The summed E-state index contributed by atoms with van der Waals surface area (Å²) in [5.74, 6) is 1.66. The van der Waals surface area contributed by atoms with Crippen molar-refractivity contribution in [1.82, 2.24) is 10.1 Å². The van der Waals surface area contributed by atoms with Gasteiger partial charge in [0.25, 0.3) is 0 Å². The largest absolute Gasteiger partial charge is 0.360 e. The molecule has 1 aromatic carbocycles. The number of carbonyl (C=O) groups is 1. The summed E-state index contributed by atoms with van der Waals surface area (Å²) in [6, 6.07) is 10.9. The van der Waals surface area contributed by atoms with Crippen molar-refractivity contribution in [2.24, 2.45) is 0 Å². The van der Waals surface area contributed by atoms with Gasteiger partial charge >= 0.3 is 0 Å². The average molecular weight is 327 g/mol. The second-order valence-electron chi connectivity index (χ2n) is 6.90. The predicted octanol–water partition coefficient (Wildman–Crippen LogP) is 3.71. The van der Waals surface area contributed by atoms with Crippen LogP contribution in [0, 0.1) is 6.92 Å². The van der Waals surface area contributed by atoms with Crippen LogP contribution in [0.1, 0.15) is 49.5 Å². The molecule has 1 amide bonds. The van der Waals surface area contributed by atoms with Gasteiger partial charge in [-0.25, -0.2) is 0 Å². The van der Waals surface area contributed by atoms with Crippen molar-refractivity contribution in [3.63, 3.8) is 0 Å². The monoisotopic (exact) mass is 327 g/mol. The smallest absolute Gasteiger partial charge is 0.239 e. The fourth-order valence-electron chi connectivity index (χ4n) is 2.79. The SMILES string of the molecule is Cc1cc(NC(=O)CN(Cc2ccc(C(C)C)cc2)C2CC2)no1. The number of hydrogen-bond donors (Lipinski definition) is 1. The van der Waals surface area contributed by atoms with Gasteiger partial charge in [0.05, 0.1) is 6.54 Å². The van der Waals surface area contributed by atoms with Crippen LogP contribution in [-0.2, 0) is 11.3 Å². The highest BCUT2D eigenvalue weighted by atomic mass is 16.5. The zero-order valence-corrected chi connectivity index (χ0v) is 14.6. The highest BCUT2D eigenvalue weighted by Gasteiger charge is 2.30. The third-order valence-electron chi connectivity index (χ3n) is 4.34. The maximum absolute atomic E-state index is 12.3. The van der Waals surface area contributed by atoms with E-state index < -0.39 is 0 Å². The number of carbonyl (C=O) groups excluding carboxylic acids is 1. The lowest BCUT2D eigenvalue weighted by Gasteiger charge is -2.21. The molecule has 3 rings (SSSR count). The van der Waals surface area contributed by atoms with E-state index in [-0.39, 0.29) is 5.91 Å². The molecule has 1 N–H and O–H groups in total. The Hall–Kier alpha value is -2.14. The van der Waals surface area contributed by atoms with Crippen LogP contribution in [-0.4, -0.2) is 28.6 Å².